The first-order valence-electron chi connectivity index (χ1n) is 6.44. The number of sulfonamides is 1. The van der Waals surface area contributed by atoms with Gasteiger partial charge in [0.25, 0.3) is 0 Å². The topological polar surface area (TPSA) is 63.4 Å². The van der Waals surface area contributed by atoms with Crippen LogP contribution in [0.25, 0.3) is 0 Å². The van der Waals surface area contributed by atoms with E-state index >= 15 is 0 Å². The predicted molar refractivity (Wildman–Crippen MR) is 79.4 cm³/mol. The Morgan fingerprint density at radius 3 is 2.38 bits per heavy atom. The number of nitrogens with zero attached hydrogens (tertiary/aromatic N) is 1. The van der Waals surface area contributed by atoms with Crippen molar-refractivity contribution >= 4 is 10.0 Å². The van der Waals surface area contributed by atoms with Crippen molar-refractivity contribution in [1.82, 2.24) is 4.31 Å². The van der Waals surface area contributed by atoms with Crippen LogP contribution in [0.4, 0.5) is 4.39 Å². The number of halogens is 1. The molecule has 0 heterocycles. The average Bonchev–Trinajstić information content (AvgIpc) is 2.47. The molecule has 0 saturated carbocycles. The number of hydrogen-bond donors (Lipinski definition) is 1. The van der Waals surface area contributed by atoms with Gasteiger partial charge in [0.1, 0.15) is 5.82 Å². The summed E-state index contributed by atoms with van der Waals surface area (Å²) in [5, 5.41) is 0. The number of benzene rings is 2. The zero-order valence-corrected chi connectivity index (χ0v) is 12.5. The second kappa shape index (κ2) is 6.34. The van der Waals surface area contributed by atoms with Crippen LogP contribution in [0.2, 0.25) is 0 Å². The fraction of sp³-hybridized carbons (Fsp3) is 0.200. The molecule has 0 amide bonds. The Morgan fingerprint density at radius 1 is 1.10 bits per heavy atom. The number of rotatable bonds is 5. The van der Waals surface area contributed by atoms with E-state index in [9.17, 15) is 12.8 Å². The van der Waals surface area contributed by atoms with Crippen LogP contribution in [0.1, 0.15) is 11.1 Å². The summed E-state index contributed by atoms with van der Waals surface area (Å²) in [5.74, 6) is -0.577. The average molecular weight is 308 g/mol. The standard InChI is InChI=1S/C15H17FN2O2S/c1-18(11-13-6-3-2-5-12(13)10-17)21(19,20)15-8-4-7-14(16)9-15/h2-9H,10-11,17H2,1H3. The molecule has 112 valence electrons. The minimum atomic E-state index is -3.73. The van der Waals surface area contributed by atoms with Crippen molar-refractivity contribution in [3.63, 3.8) is 0 Å². The van der Waals surface area contributed by atoms with E-state index in [2.05, 4.69) is 0 Å². The molecule has 2 N–H and O–H groups in total. The van der Waals surface area contributed by atoms with E-state index in [0.29, 0.717) is 6.54 Å². The third-order valence-corrected chi connectivity index (χ3v) is 5.03. The lowest BCUT2D eigenvalue weighted by molar-refractivity contribution is 0.464. The molecule has 0 bridgehead atoms. The second-order valence-corrected chi connectivity index (χ2v) is 6.74. The van der Waals surface area contributed by atoms with Gasteiger partial charge in [-0.3, -0.25) is 0 Å². The smallest absolute Gasteiger partial charge is 0.243 e. The van der Waals surface area contributed by atoms with Crippen molar-refractivity contribution in [3.8, 4) is 0 Å². The lowest BCUT2D eigenvalue weighted by Gasteiger charge is -2.19. The largest absolute Gasteiger partial charge is 0.326 e. The summed E-state index contributed by atoms with van der Waals surface area (Å²) < 4.78 is 39.2. The van der Waals surface area contributed by atoms with E-state index in [4.69, 9.17) is 5.73 Å². The maximum absolute atomic E-state index is 13.2. The van der Waals surface area contributed by atoms with Gasteiger partial charge in [0.2, 0.25) is 10.0 Å². The van der Waals surface area contributed by atoms with Gasteiger partial charge in [-0.05, 0) is 29.3 Å². The van der Waals surface area contributed by atoms with Crippen LogP contribution in [-0.4, -0.2) is 19.8 Å². The SMILES string of the molecule is CN(Cc1ccccc1CN)S(=O)(=O)c1cccc(F)c1. The third-order valence-electron chi connectivity index (χ3n) is 3.24. The Labute approximate surface area is 124 Å². The molecule has 0 unspecified atom stereocenters. The van der Waals surface area contributed by atoms with Gasteiger partial charge in [-0.25, -0.2) is 12.8 Å². The normalized spacial score (nSPS) is 11.8. The van der Waals surface area contributed by atoms with Crippen LogP contribution in [-0.2, 0) is 23.1 Å². The monoisotopic (exact) mass is 308 g/mol. The molecule has 6 heteroatoms. The van der Waals surface area contributed by atoms with Gasteiger partial charge < -0.3 is 5.73 Å². The highest BCUT2D eigenvalue weighted by atomic mass is 32.2. The van der Waals surface area contributed by atoms with Gasteiger partial charge in [-0.1, -0.05) is 30.3 Å². The molecule has 0 radical (unpaired) electrons. The molecule has 0 fully saturated rings. The summed E-state index contributed by atoms with van der Waals surface area (Å²) in [6, 6.07) is 12.4. The Hall–Kier alpha value is -1.76. The molecule has 2 rings (SSSR count). The molecule has 4 nitrogen and oxygen atoms in total. The van der Waals surface area contributed by atoms with Crippen LogP contribution in [0.5, 0.6) is 0 Å². The van der Waals surface area contributed by atoms with Crippen molar-refractivity contribution in [1.29, 1.82) is 0 Å². The van der Waals surface area contributed by atoms with Gasteiger partial charge >= 0.3 is 0 Å². The van der Waals surface area contributed by atoms with Gasteiger partial charge in [0.05, 0.1) is 4.90 Å². The summed E-state index contributed by atoms with van der Waals surface area (Å²) >= 11 is 0. The van der Waals surface area contributed by atoms with E-state index in [1.54, 1.807) is 0 Å². The minimum absolute atomic E-state index is 0.0600. The Bertz CT molecular complexity index is 732. The molecule has 0 saturated heterocycles. The summed E-state index contributed by atoms with van der Waals surface area (Å²) in [5.41, 5.74) is 7.37. The van der Waals surface area contributed by atoms with Gasteiger partial charge in [-0.2, -0.15) is 4.31 Å². The molecule has 2 aromatic rings. The zero-order chi connectivity index (χ0) is 15.5. The van der Waals surface area contributed by atoms with E-state index < -0.39 is 15.8 Å². The van der Waals surface area contributed by atoms with E-state index in [1.807, 2.05) is 24.3 Å². The summed E-state index contributed by atoms with van der Waals surface area (Å²) in [6.45, 7) is 0.524. The first-order chi connectivity index (χ1) is 9.95. The summed E-state index contributed by atoms with van der Waals surface area (Å²) in [7, 11) is -2.27. The zero-order valence-electron chi connectivity index (χ0n) is 11.7. The third kappa shape index (κ3) is 3.47. The van der Waals surface area contributed by atoms with Crippen molar-refractivity contribution in [2.24, 2.45) is 5.73 Å². The summed E-state index contributed by atoms with van der Waals surface area (Å²) in [4.78, 5) is -0.0600. The Morgan fingerprint density at radius 2 is 1.76 bits per heavy atom. The van der Waals surface area contributed by atoms with Crippen molar-refractivity contribution < 1.29 is 12.8 Å². The maximum atomic E-state index is 13.2. The summed E-state index contributed by atoms with van der Waals surface area (Å²) in [6.07, 6.45) is 0. The fourth-order valence-electron chi connectivity index (χ4n) is 2.04. The molecule has 0 spiro atoms. The maximum Gasteiger partial charge on any atom is 0.243 e. The lowest BCUT2D eigenvalue weighted by atomic mass is 10.1. The van der Waals surface area contributed by atoms with Crippen LogP contribution < -0.4 is 5.73 Å². The Kier molecular flexibility index (Phi) is 4.72. The predicted octanol–water partition coefficient (Wildman–Crippen LogP) is 2.11. The minimum Gasteiger partial charge on any atom is -0.326 e. The Balaban J connectivity index is 2.29. The number of hydrogen-bond acceptors (Lipinski definition) is 3. The van der Waals surface area contributed by atoms with E-state index in [1.165, 1.54) is 29.6 Å². The van der Waals surface area contributed by atoms with Crippen molar-refractivity contribution in [3.05, 3.63) is 65.5 Å². The van der Waals surface area contributed by atoms with Crippen LogP contribution in [0, 0.1) is 5.82 Å². The van der Waals surface area contributed by atoms with Crippen LogP contribution in [0.3, 0.4) is 0 Å². The van der Waals surface area contributed by atoms with Crippen LogP contribution in [0.15, 0.2) is 53.4 Å². The highest BCUT2D eigenvalue weighted by Crippen LogP contribution is 2.19. The molecule has 2 aromatic carbocycles. The number of nitrogens with two attached hydrogens (primary N) is 1. The molecular weight excluding hydrogens is 291 g/mol. The lowest BCUT2D eigenvalue weighted by Crippen LogP contribution is -2.27. The first kappa shape index (κ1) is 15.6. The van der Waals surface area contributed by atoms with Gasteiger partial charge in [-0.15, -0.1) is 0 Å². The van der Waals surface area contributed by atoms with E-state index in [-0.39, 0.29) is 11.4 Å². The molecule has 21 heavy (non-hydrogen) atoms. The molecule has 0 aliphatic heterocycles. The molecule has 0 atom stereocenters. The molecule has 0 aliphatic rings. The van der Waals surface area contributed by atoms with E-state index in [0.717, 1.165) is 17.2 Å². The van der Waals surface area contributed by atoms with Gasteiger partial charge in [0, 0.05) is 20.1 Å². The molecule has 0 aromatic heterocycles. The second-order valence-electron chi connectivity index (χ2n) is 4.69. The van der Waals surface area contributed by atoms with Crippen molar-refractivity contribution in [2.75, 3.05) is 7.05 Å². The molecular formula is C15H17FN2O2S. The quantitative estimate of drug-likeness (QED) is 0.920. The molecule has 0 aliphatic carbocycles. The first-order valence-corrected chi connectivity index (χ1v) is 7.88. The highest BCUT2D eigenvalue weighted by molar-refractivity contribution is 7.89. The van der Waals surface area contributed by atoms with Gasteiger partial charge in [0.15, 0.2) is 0 Å². The van der Waals surface area contributed by atoms with Crippen molar-refractivity contribution in [2.45, 2.75) is 18.0 Å². The highest BCUT2D eigenvalue weighted by Gasteiger charge is 2.21. The van der Waals surface area contributed by atoms with Crippen LogP contribution >= 0.6 is 0 Å². The fourth-order valence-corrected chi connectivity index (χ4v) is 3.22.